The first-order valence-electron chi connectivity index (χ1n) is 10.2. The Bertz CT molecular complexity index is 980. The van der Waals surface area contributed by atoms with Crippen molar-refractivity contribution in [1.29, 1.82) is 0 Å². The van der Waals surface area contributed by atoms with Gasteiger partial charge >= 0.3 is 0 Å². The molecule has 1 fully saturated rings. The Morgan fingerprint density at radius 1 is 1.24 bits per heavy atom. The average molecular weight is 396 g/mol. The third-order valence-electron chi connectivity index (χ3n) is 5.49. The van der Waals surface area contributed by atoms with E-state index < -0.39 is 0 Å². The van der Waals surface area contributed by atoms with E-state index in [9.17, 15) is 9.18 Å². The van der Waals surface area contributed by atoms with Crippen molar-refractivity contribution in [3.05, 3.63) is 54.2 Å². The van der Waals surface area contributed by atoms with E-state index >= 15 is 0 Å². The lowest BCUT2D eigenvalue weighted by Gasteiger charge is -2.21. The monoisotopic (exact) mass is 396 g/mol. The van der Waals surface area contributed by atoms with Crippen molar-refractivity contribution in [3.8, 4) is 5.75 Å². The molecule has 0 aliphatic heterocycles. The molecule has 1 amide bonds. The van der Waals surface area contributed by atoms with Gasteiger partial charge in [-0.15, -0.1) is 0 Å². The lowest BCUT2D eigenvalue weighted by molar-refractivity contribution is 0.0739. The summed E-state index contributed by atoms with van der Waals surface area (Å²) in [7, 11) is 0. The highest BCUT2D eigenvalue weighted by molar-refractivity contribution is 5.96. The highest BCUT2D eigenvalue weighted by atomic mass is 19.1. The summed E-state index contributed by atoms with van der Waals surface area (Å²) in [6.07, 6.45) is 8.28. The van der Waals surface area contributed by atoms with Gasteiger partial charge in [-0.25, -0.2) is 14.4 Å². The molecule has 0 N–H and O–H groups in total. The van der Waals surface area contributed by atoms with Crippen molar-refractivity contribution in [2.24, 2.45) is 0 Å². The summed E-state index contributed by atoms with van der Waals surface area (Å²) in [4.78, 5) is 23.6. The third kappa shape index (κ3) is 4.23. The van der Waals surface area contributed by atoms with Crippen molar-refractivity contribution >= 4 is 17.1 Å². The summed E-state index contributed by atoms with van der Waals surface area (Å²) in [5.74, 6) is 0.177. The molecular formula is C22H25FN4O2. The van der Waals surface area contributed by atoms with Crippen LogP contribution < -0.4 is 4.74 Å². The zero-order valence-electron chi connectivity index (χ0n) is 16.6. The van der Waals surface area contributed by atoms with Crippen LogP contribution in [0.25, 0.3) is 11.2 Å². The van der Waals surface area contributed by atoms with Gasteiger partial charge < -0.3 is 14.2 Å². The van der Waals surface area contributed by atoms with Gasteiger partial charge in [-0.05, 0) is 50.1 Å². The Kier molecular flexibility index (Phi) is 5.74. The van der Waals surface area contributed by atoms with E-state index in [1.165, 1.54) is 25.0 Å². The summed E-state index contributed by atoms with van der Waals surface area (Å²) in [6, 6.07) is 8.13. The van der Waals surface area contributed by atoms with Gasteiger partial charge in [0.15, 0.2) is 5.65 Å². The average Bonchev–Trinajstić information content (AvgIpc) is 3.41. The van der Waals surface area contributed by atoms with Crippen LogP contribution in [0.4, 0.5) is 4.39 Å². The Morgan fingerprint density at radius 3 is 2.72 bits per heavy atom. The summed E-state index contributed by atoms with van der Waals surface area (Å²) in [5, 5.41) is 0. The number of nitrogens with zero attached hydrogens (tertiary/aromatic N) is 4. The molecule has 1 aliphatic rings. The molecule has 152 valence electrons. The van der Waals surface area contributed by atoms with Gasteiger partial charge in [-0.3, -0.25) is 4.79 Å². The summed E-state index contributed by atoms with van der Waals surface area (Å²) in [6.45, 7) is 3.25. The van der Waals surface area contributed by atoms with Crippen LogP contribution in [0.15, 0.2) is 42.9 Å². The van der Waals surface area contributed by atoms with Crippen molar-refractivity contribution < 1.29 is 13.9 Å². The molecule has 29 heavy (non-hydrogen) atoms. The van der Waals surface area contributed by atoms with Crippen LogP contribution in [0.2, 0.25) is 0 Å². The minimum Gasteiger partial charge on any atom is -0.492 e. The van der Waals surface area contributed by atoms with Gasteiger partial charge in [-0.2, -0.15) is 0 Å². The molecule has 0 unspecified atom stereocenters. The van der Waals surface area contributed by atoms with Crippen molar-refractivity contribution in [2.45, 2.75) is 38.6 Å². The zero-order chi connectivity index (χ0) is 20.2. The number of hydrogen-bond acceptors (Lipinski definition) is 4. The molecule has 0 atom stereocenters. The first kappa shape index (κ1) is 19.4. The third-order valence-corrected chi connectivity index (χ3v) is 5.49. The van der Waals surface area contributed by atoms with E-state index in [-0.39, 0.29) is 11.7 Å². The first-order chi connectivity index (χ1) is 14.2. The number of likely N-dealkylation sites (N-methyl/N-ethyl adjacent to an activating group) is 1. The van der Waals surface area contributed by atoms with Crippen LogP contribution in [0, 0.1) is 5.82 Å². The second-order valence-electron chi connectivity index (χ2n) is 7.34. The predicted molar refractivity (Wildman–Crippen MR) is 109 cm³/mol. The maximum atomic E-state index is 13.0. The van der Waals surface area contributed by atoms with Crippen molar-refractivity contribution in [3.63, 3.8) is 0 Å². The maximum absolute atomic E-state index is 13.0. The van der Waals surface area contributed by atoms with Gasteiger partial charge in [-0.1, -0.05) is 12.8 Å². The van der Waals surface area contributed by atoms with E-state index in [2.05, 4.69) is 14.5 Å². The number of fused-ring (bicyclic) bond motifs is 1. The quantitative estimate of drug-likeness (QED) is 0.600. The zero-order valence-corrected chi connectivity index (χ0v) is 16.6. The molecule has 0 saturated heterocycles. The molecule has 1 aromatic carbocycles. The Labute approximate surface area is 169 Å². The van der Waals surface area contributed by atoms with E-state index in [0.717, 1.165) is 24.0 Å². The molecule has 7 heteroatoms. The highest BCUT2D eigenvalue weighted by Crippen LogP contribution is 2.31. The normalized spacial score (nSPS) is 14.4. The standard InChI is InChI=1S/C22H25FN4O2/c1-2-26(11-12-29-19-9-7-17(23)8-10-19)22(28)16-13-20-21(24-14-16)27(15-25-20)18-5-3-4-6-18/h7-10,13-15,18H,2-6,11-12H2,1H3. The SMILES string of the molecule is CCN(CCOc1ccc(F)cc1)C(=O)c1cnc2c(c1)ncn2C1CCCC1. The number of aromatic nitrogens is 3. The summed E-state index contributed by atoms with van der Waals surface area (Å²) < 4.78 is 20.7. The first-order valence-corrected chi connectivity index (χ1v) is 10.2. The molecule has 6 nitrogen and oxygen atoms in total. The number of hydrogen-bond donors (Lipinski definition) is 0. The van der Waals surface area contributed by atoms with Crippen LogP contribution >= 0.6 is 0 Å². The maximum Gasteiger partial charge on any atom is 0.255 e. The number of benzene rings is 1. The molecule has 0 spiro atoms. The molecule has 2 aromatic heterocycles. The van der Waals surface area contributed by atoms with E-state index in [1.54, 1.807) is 23.2 Å². The number of carbonyl (C=O) groups excluding carboxylic acids is 1. The largest absolute Gasteiger partial charge is 0.492 e. The van der Waals surface area contributed by atoms with Crippen LogP contribution in [0.1, 0.15) is 49.0 Å². The number of rotatable bonds is 7. The van der Waals surface area contributed by atoms with Gasteiger partial charge in [0.2, 0.25) is 0 Å². The Morgan fingerprint density at radius 2 is 2.00 bits per heavy atom. The number of carbonyl (C=O) groups is 1. The molecule has 2 heterocycles. The van der Waals surface area contributed by atoms with Crippen LogP contribution in [-0.4, -0.2) is 45.0 Å². The number of imidazole rings is 1. The lowest BCUT2D eigenvalue weighted by atomic mass is 10.2. The minimum absolute atomic E-state index is 0.0972. The smallest absolute Gasteiger partial charge is 0.255 e. The van der Waals surface area contributed by atoms with Gasteiger partial charge in [0.25, 0.3) is 5.91 Å². The molecule has 4 rings (SSSR count). The van der Waals surface area contributed by atoms with Crippen LogP contribution in [0.3, 0.4) is 0 Å². The fraction of sp³-hybridized carbons (Fsp3) is 0.409. The topological polar surface area (TPSA) is 60.2 Å². The fourth-order valence-electron chi connectivity index (χ4n) is 3.88. The van der Waals surface area contributed by atoms with E-state index in [1.807, 2.05) is 19.3 Å². The number of amides is 1. The Balaban J connectivity index is 1.42. The van der Waals surface area contributed by atoms with Crippen molar-refractivity contribution in [1.82, 2.24) is 19.4 Å². The summed E-state index contributed by atoms with van der Waals surface area (Å²) >= 11 is 0. The van der Waals surface area contributed by atoms with E-state index in [4.69, 9.17) is 4.74 Å². The Hall–Kier alpha value is -2.96. The number of pyridine rings is 1. The van der Waals surface area contributed by atoms with Gasteiger partial charge in [0.05, 0.1) is 18.4 Å². The molecule has 1 saturated carbocycles. The number of ether oxygens (including phenoxy) is 1. The second-order valence-corrected chi connectivity index (χ2v) is 7.34. The highest BCUT2D eigenvalue weighted by Gasteiger charge is 2.21. The van der Waals surface area contributed by atoms with Gasteiger partial charge in [0, 0.05) is 18.8 Å². The van der Waals surface area contributed by atoms with E-state index in [0.29, 0.717) is 37.1 Å². The molecule has 3 aromatic rings. The van der Waals surface area contributed by atoms with Gasteiger partial charge in [0.1, 0.15) is 23.7 Å². The predicted octanol–water partition coefficient (Wildman–Crippen LogP) is 4.23. The molecule has 1 aliphatic carbocycles. The van der Waals surface area contributed by atoms with Crippen LogP contribution in [-0.2, 0) is 0 Å². The van der Waals surface area contributed by atoms with Crippen molar-refractivity contribution in [2.75, 3.05) is 19.7 Å². The molecule has 0 bridgehead atoms. The minimum atomic E-state index is -0.305. The van der Waals surface area contributed by atoms with Crippen LogP contribution in [0.5, 0.6) is 5.75 Å². The molecular weight excluding hydrogens is 371 g/mol. The second kappa shape index (κ2) is 8.59. The molecule has 0 radical (unpaired) electrons. The number of halogens is 1. The summed E-state index contributed by atoms with van der Waals surface area (Å²) in [5.41, 5.74) is 2.12. The fourth-order valence-corrected chi connectivity index (χ4v) is 3.88. The lowest BCUT2D eigenvalue weighted by Crippen LogP contribution is -2.34.